The van der Waals surface area contributed by atoms with Crippen LogP contribution in [0.4, 0.5) is 0 Å². The Morgan fingerprint density at radius 2 is 0.739 bits per heavy atom. The highest BCUT2D eigenvalue weighted by atomic mass is 32.3. The molecular formula is C30H50O6S10-2. The normalized spacial score (nSPS) is 15.4. The van der Waals surface area contributed by atoms with E-state index in [1.807, 2.05) is 94.1 Å². The molecule has 2 aliphatic heterocycles. The first-order valence-electron chi connectivity index (χ1n) is 15.9. The molecule has 2 rings (SSSR count). The van der Waals surface area contributed by atoms with E-state index >= 15 is 0 Å². The van der Waals surface area contributed by atoms with E-state index in [4.69, 9.17) is 18.9 Å². The molecule has 2 heterocycles. The smallest absolute Gasteiger partial charge is 0.0717 e. The lowest BCUT2D eigenvalue weighted by Gasteiger charge is -2.08. The summed E-state index contributed by atoms with van der Waals surface area (Å²) in [6.07, 6.45) is 10.0. The molecule has 0 spiro atoms. The minimum atomic E-state index is -0.211. The quantitative estimate of drug-likeness (QED) is 0.0508. The minimum Gasteiger partial charge on any atom is -0.853 e. The maximum absolute atomic E-state index is 10.5. The summed E-state index contributed by atoms with van der Waals surface area (Å²) in [7, 11) is 0. The zero-order valence-electron chi connectivity index (χ0n) is 26.6. The summed E-state index contributed by atoms with van der Waals surface area (Å²) >= 11 is 24.3. The third-order valence-corrected chi connectivity index (χ3v) is 18.2. The lowest BCUT2D eigenvalue weighted by atomic mass is 10.2. The van der Waals surface area contributed by atoms with Crippen molar-refractivity contribution >= 4 is 119 Å². The largest absolute Gasteiger partial charge is 0.853 e. The van der Waals surface area contributed by atoms with E-state index in [1.165, 1.54) is 88.3 Å². The van der Waals surface area contributed by atoms with Gasteiger partial charge in [-0.2, -0.15) is 25.3 Å². The second-order valence-corrected chi connectivity index (χ2v) is 20.6. The Labute approximate surface area is 323 Å². The second-order valence-electron chi connectivity index (χ2n) is 9.66. The number of thiol groups is 2. The molecule has 0 aromatic heterocycles. The molecule has 16 heteroatoms. The Kier molecular flexibility index (Phi) is 31.2. The van der Waals surface area contributed by atoms with E-state index in [9.17, 15) is 10.2 Å². The summed E-state index contributed by atoms with van der Waals surface area (Å²) in [4.78, 5) is 0. The van der Waals surface area contributed by atoms with E-state index in [0.717, 1.165) is 23.0 Å². The Morgan fingerprint density at radius 3 is 1.09 bits per heavy atom. The van der Waals surface area contributed by atoms with E-state index in [0.29, 0.717) is 39.6 Å². The van der Waals surface area contributed by atoms with Crippen LogP contribution in [0.15, 0.2) is 25.4 Å². The number of unbranched alkanes of at least 4 members (excludes halogenated alkanes) is 6. The van der Waals surface area contributed by atoms with Crippen LogP contribution in [-0.4, -0.2) is 101 Å². The summed E-state index contributed by atoms with van der Waals surface area (Å²) in [6, 6.07) is 0. The molecule has 0 saturated carbocycles. The van der Waals surface area contributed by atoms with Gasteiger partial charge in [-0.25, -0.2) is 0 Å². The molecule has 0 fully saturated rings. The van der Waals surface area contributed by atoms with Gasteiger partial charge < -0.3 is 29.2 Å². The van der Waals surface area contributed by atoms with Gasteiger partial charge in [0.2, 0.25) is 0 Å². The SMILES string of the molecule is [O-]CCOCCOCCSC1=C(SCCOCCOCC[O-])SC(=C2SC(SCCCCCCS)=C(SCCCCCCS)S2)S1. The van der Waals surface area contributed by atoms with Gasteiger partial charge in [-0.3, -0.25) is 0 Å². The molecule has 268 valence electrons. The van der Waals surface area contributed by atoms with Crippen LogP contribution in [0.3, 0.4) is 0 Å². The highest BCUT2D eigenvalue weighted by Crippen LogP contribution is 2.66. The van der Waals surface area contributed by atoms with Crippen molar-refractivity contribution < 1.29 is 29.2 Å². The van der Waals surface area contributed by atoms with E-state index in [1.54, 1.807) is 0 Å². The summed E-state index contributed by atoms with van der Waals surface area (Å²) in [5, 5.41) is 21.1. The van der Waals surface area contributed by atoms with Crippen molar-refractivity contribution in [2.24, 2.45) is 0 Å². The molecule has 46 heavy (non-hydrogen) atoms. The van der Waals surface area contributed by atoms with Crippen molar-refractivity contribution in [3.05, 3.63) is 25.4 Å². The van der Waals surface area contributed by atoms with Gasteiger partial charge in [0, 0.05) is 24.7 Å². The molecule has 0 N–H and O–H groups in total. The fourth-order valence-electron chi connectivity index (χ4n) is 3.68. The van der Waals surface area contributed by atoms with Crippen molar-refractivity contribution in [3.63, 3.8) is 0 Å². The third kappa shape index (κ3) is 21.8. The molecule has 0 saturated heterocycles. The second kappa shape index (κ2) is 32.2. The minimum absolute atomic E-state index is 0.211. The van der Waals surface area contributed by atoms with Crippen LogP contribution in [0, 0.1) is 0 Å². The van der Waals surface area contributed by atoms with E-state index in [2.05, 4.69) is 25.3 Å². The monoisotopic (exact) mass is 826 g/mol. The first-order chi connectivity index (χ1) is 22.7. The molecule has 0 unspecified atom stereocenters. The van der Waals surface area contributed by atoms with Crippen LogP contribution in [0.25, 0.3) is 0 Å². The van der Waals surface area contributed by atoms with Crippen LogP contribution in [0.5, 0.6) is 0 Å². The first kappa shape index (κ1) is 44.6. The molecule has 0 atom stereocenters. The number of ether oxygens (including phenoxy) is 4. The highest BCUT2D eigenvalue weighted by molar-refractivity contribution is 8.45. The van der Waals surface area contributed by atoms with Crippen LogP contribution < -0.4 is 10.2 Å². The summed E-state index contributed by atoms with van der Waals surface area (Å²) in [5.74, 6) is 6.05. The van der Waals surface area contributed by atoms with Crippen LogP contribution in [0.2, 0.25) is 0 Å². The molecule has 0 aromatic rings. The average Bonchev–Trinajstić information content (AvgIpc) is 3.67. The lowest BCUT2D eigenvalue weighted by molar-refractivity contribution is -0.374. The average molecular weight is 827 g/mol. The maximum Gasteiger partial charge on any atom is 0.0717 e. The molecule has 0 aliphatic carbocycles. The van der Waals surface area contributed by atoms with Crippen molar-refractivity contribution in [1.82, 2.24) is 0 Å². The lowest BCUT2D eigenvalue weighted by Crippen LogP contribution is -2.15. The van der Waals surface area contributed by atoms with Crippen molar-refractivity contribution in [1.29, 1.82) is 0 Å². The topological polar surface area (TPSA) is 83.0 Å². The molecule has 0 aromatic carbocycles. The molecular weight excluding hydrogens is 777 g/mol. The molecule has 0 radical (unpaired) electrons. The van der Waals surface area contributed by atoms with Crippen molar-refractivity contribution in [2.45, 2.75) is 51.4 Å². The van der Waals surface area contributed by atoms with Crippen molar-refractivity contribution in [3.8, 4) is 0 Å². The predicted octanol–water partition coefficient (Wildman–Crippen LogP) is 8.03. The number of hydrogen-bond donors (Lipinski definition) is 2. The standard InChI is InChI=1S/C30H50O6S10/c31-9-11-33-13-15-35-17-23-41-27-28(42-24-18-36-16-14-34-12-10-32)46-30(45-27)29-43-25(39-21-7-3-1-5-19-37)26(44-29)40-22-8-4-2-6-20-38/h37-38H,1-24H2/q-2. The molecule has 6 nitrogen and oxygen atoms in total. The number of hydrogen-bond acceptors (Lipinski definition) is 16. The third-order valence-electron chi connectivity index (χ3n) is 5.93. The summed E-state index contributed by atoms with van der Waals surface area (Å²) in [5.41, 5.74) is 0. The summed E-state index contributed by atoms with van der Waals surface area (Å²) < 4.78 is 30.4. The predicted molar refractivity (Wildman–Crippen MR) is 219 cm³/mol. The Hall–Kier alpha value is 2.48. The number of thioether (sulfide) groups is 8. The van der Waals surface area contributed by atoms with Crippen LogP contribution >= 0.6 is 119 Å². The van der Waals surface area contributed by atoms with Gasteiger partial charge >= 0.3 is 0 Å². The van der Waals surface area contributed by atoms with E-state index in [-0.39, 0.29) is 26.4 Å². The maximum atomic E-state index is 10.5. The van der Waals surface area contributed by atoms with Crippen LogP contribution in [-0.2, 0) is 18.9 Å². The first-order valence-corrected chi connectivity index (χ1v) is 24.3. The summed E-state index contributed by atoms with van der Waals surface area (Å²) in [6.45, 7) is 3.31. The van der Waals surface area contributed by atoms with Gasteiger partial charge in [0.1, 0.15) is 0 Å². The fraction of sp³-hybridized carbons (Fsp3) is 0.800. The molecule has 2 aliphatic rings. The Bertz CT molecular complexity index is 813. The Balaban J connectivity index is 1.95. The van der Waals surface area contributed by atoms with Gasteiger partial charge in [-0.1, -0.05) is 72.7 Å². The van der Waals surface area contributed by atoms with Gasteiger partial charge in [0.15, 0.2) is 0 Å². The zero-order valence-corrected chi connectivity index (χ0v) is 34.9. The fourth-order valence-corrected chi connectivity index (χ4v) is 16.1. The highest BCUT2D eigenvalue weighted by Gasteiger charge is 2.30. The van der Waals surface area contributed by atoms with Gasteiger partial charge in [0.25, 0.3) is 0 Å². The molecule has 0 amide bonds. The van der Waals surface area contributed by atoms with Crippen LogP contribution in [0.1, 0.15) is 51.4 Å². The molecule has 0 bridgehead atoms. The number of rotatable bonds is 32. The van der Waals surface area contributed by atoms with Gasteiger partial charge in [-0.05, 0) is 48.7 Å². The van der Waals surface area contributed by atoms with E-state index < -0.39 is 0 Å². The Morgan fingerprint density at radius 1 is 0.413 bits per heavy atom. The van der Waals surface area contributed by atoms with Gasteiger partial charge in [0.05, 0.1) is 65.1 Å². The zero-order chi connectivity index (χ0) is 32.9. The van der Waals surface area contributed by atoms with Crippen molar-refractivity contribution in [2.75, 3.05) is 101 Å². The van der Waals surface area contributed by atoms with Gasteiger partial charge in [-0.15, -0.1) is 60.3 Å².